The van der Waals surface area contributed by atoms with Gasteiger partial charge in [-0.15, -0.1) is 0 Å². The molecule has 0 heterocycles. The van der Waals surface area contributed by atoms with Gasteiger partial charge in [-0.2, -0.15) is 0 Å². The quantitative estimate of drug-likeness (QED) is 0.366. The number of carbonyl (C=O) groups is 1. The van der Waals surface area contributed by atoms with E-state index in [2.05, 4.69) is 21.2 Å². The Balaban J connectivity index is 1.91. The predicted molar refractivity (Wildman–Crippen MR) is 141 cm³/mol. The first-order valence-corrected chi connectivity index (χ1v) is 13.3. The van der Waals surface area contributed by atoms with Gasteiger partial charge in [-0.25, -0.2) is 8.42 Å². The van der Waals surface area contributed by atoms with Crippen molar-refractivity contribution in [2.75, 3.05) is 25.1 Å². The van der Waals surface area contributed by atoms with Crippen molar-refractivity contribution in [1.29, 1.82) is 0 Å². The Morgan fingerprint density at radius 1 is 1.00 bits per heavy atom. The van der Waals surface area contributed by atoms with Crippen LogP contribution in [0.3, 0.4) is 0 Å². The zero-order chi connectivity index (χ0) is 25.6. The van der Waals surface area contributed by atoms with Gasteiger partial charge in [0.2, 0.25) is 5.91 Å². The fourth-order valence-electron chi connectivity index (χ4n) is 3.59. The van der Waals surface area contributed by atoms with Gasteiger partial charge in [0.05, 0.1) is 35.3 Å². The molecule has 35 heavy (non-hydrogen) atoms. The van der Waals surface area contributed by atoms with Gasteiger partial charge in [-0.05, 0) is 77.3 Å². The van der Waals surface area contributed by atoms with E-state index in [0.717, 1.165) is 21.2 Å². The molecule has 3 rings (SSSR count). The van der Waals surface area contributed by atoms with Crippen molar-refractivity contribution in [2.45, 2.75) is 31.2 Å². The van der Waals surface area contributed by atoms with Crippen LogP contribution in [0.4, 0.5) is 5.69 Å². The fraction of sp³-hybridized carbons (Fsp3) is 0.269. The van der Waals surface area contributed by atoms with E-state index in [4.69, 9.17) is 9.47 Å². The van der Waals surface area contributed by atoms with Gasteiger partial charge in [-0.3, -0.25) is 9.10 Å². The Bertz CT molecular complexity index is 1260. The van der Waals surface area contributed by atoms with Gasteiger partial charge in [0.1, 0.15) is 18.0 Å². The van der Waals surface area contributed by atoms with E-state index in [9.17, 15) is 13.2 Å². The molecule has 9 heteroatoms. The molecule has 0 saturated heterocycles. The Labute approximate surface area is 215 Å². The first-order chi connectivity index (χ1) is 16.7. The number of anilines is 1. The van der Waals surface area contributed by atoms with Crippen molar-refractivity contribution in [3.63, 3.8) is 0 Å². The van der Waals surface area contributed by atoms with Gasteiger partial charge >= 0.3 is 0 Å². The average Bonchev–Trinajstić information content (AvgIpc) is 2.86. The van der Waals surface area contributed by atoms with Crippen LogP contribution in [0.1, 0.15) is 30.5 Å². The number of carbonyl (C=O) groups excluding carboxylic acids is 1. The van der Waals surface area contributed by atoms with Crippen LogP contribution in [0.25, 0.3) is 0 Å². The first kappa shape index (κ1) is 26.6. The minimum atomic E-state index is -4.06. The van der Waals surface area contributed by atoms with Crippen molar-refractivity contribution >= 4 is 37.5 Å². The summed E-state index contributed by atoms with van der Waals surface area (Å²) in [4.78, 5) is 13.2. The summed E-state index contributed by atoms with van der Waals surface area (Å²) in [6.45, 7) is 3.50. The summed E-state index contributed by atoms with van der Waals surface area (Å²) in [5.41, 5.74) is 2.29. The molecular formula is C26H29BrN2O5S. The molecule has 0 saturated carbocycles. The third kappa shape index (κ3) is 6.35. The second-order valence-corrected chi connectivity index (χ2v) is 10.7. The molecule has 0 radical (unpaired) electrons. The van der Waals surface area contributed by atoms with Crippen LogP contribution < -0.4 is 19.1 Å². The second kappa shape index (κ2) is 11.6. The minimum absolute atomic E-state index is 0.0424. The highest BCUT2D eigenvalue weighted by molar-refractivity contribution is 9.10. The maximum Gasteiger partial charge on any atom is 0.264 e. The summed E-state index contributed by atoms with van der Waals surface area (Å²) in [5, 5.41) is 2.97. The van der Waals surface area contributed by atoms with Gasteiger partial charge < -0.3 is 14.8 Å². The predicted octanol–water partition coefficient (Wildman–Crippen LogP) is 5.24. The highest BCUT2D eigenvalue weighted by Gasteiger charge is 2.28. The Hall–Kier alpha value is -3.04. The first-order valence-electron chi connectivity index (χ1n) is 11.1. The Kier molecular flexibility index (Phi) is 8.80. The maximum absolute atomic E-state index is 13.7. The third-order valence-electron chi connectivity index (χ3n) is 5.58. The number of hydrogen-bond acceptors (Lipinski definition) is 5. The van der Waals surface area contributed by atoms with Crippen molar-refractivity contribution in [3.8, 4) is 11.5 Å². The third-order valence-corrected chi connectivity index (χ3v) is 7.97. The van der Waals surface area contributed by atoms with Gasteiger partial charge in [0, 0.05) is 0 Å². The normalized spacial score (nSPS) is 12.0. The van der Waals surface area contributed by atoms with Crippen molar-refractivity contribution in [2.24, 2.45) is 0 Å². The van der Waals surface area contributed by atoms with E-state index in [-0.39, 0.29) is 17.5 Å². The summed E-state index contributed by atoms with van der Waals surface area (Å²) >= 11 is 3.35. The lowest BCUT2D eigenvalue weighted by molar-refractivity contribution is -0.120. The van der Waals surface area contributed by atoms with E-state index in [1.165, 1.54) is 19.2 Å². The number of halogens is 1. The standard InChI is InChI=1S/C26H29BrN2O5S/c1-5-24(19-8-12-21(33-3)13-9-19)28-26(30)17-29(20-10-6-18(2)7-11-20)35(31,32)22-14-15-25(34-4)23(27)16-22/h6-16,24H,5,17H2,1-4H3,(H,28,30)/t24-/m1/s1. The zero-order valence-electron chi connectivity index (χ0n) is 20.1. The van der Waals surface area contributed by atoms with E-state index in [1.54, 1.807) is 25.3 Å². The van der Waals surface area contributed by atoms with Crippen LogP contribution in [0, 0.1) is 6.92 Å². The second-order valence-electron chi connectivity index (χ2n) is 7.95. The molecule has 7 nitrogen and oxygen atoms in total. The van der Waals surface area contributed by atoms with Crippen LogP contribution in [0.5, 0.6) is 11.5 Å². The highest BCUT2D eigenvalue weighted by Crippen LogP contribution is 2.31. The molecular weight excluding hydrogens is 532 g/mol. The smallest absolute Gasteiger partial charge is 0.264 e. The molecule has 0 spiro atoms. The molecule has 1 atom stereocenters. The van der Waals surface area contributed by atoms with Crippen LogP contribution in [0.2, 0.25) is 0 Å². The fourth-order valence-corrected chi connectivity index (χ4v) is 5.73. The summed E-state index contributed by atoms with van der Waals surface area (Å²) < 4.78 is 39.4. The summed E-state index contributed by atoms with van der Waals surface area (Å²) in [7, 11) is -0.958. The number of benzene rings is 3. The van der Waals surface area contributed by atoms with E-state index in [1.807, 2.05) is 50.2 Å². The largest absolute Gasteiger partial charge is 0.497 e. The van der Waals surface area contributed by atoms with Crippen LogP contribution >= 0.6 is 15.9 Å². The number of sulfonamides is 1. The molecule has 3 aromatic rings. The van der Waals surface area contributed by atoms with Gasteiger partial charge in [0.25, 0.3) is 10.0 Å². The van der Waals surface area contributed by atoms with Crippen LogP contribution in [0.15, 0.2) is 76.1 Å². The minimum Gasteiger partial charge on any atom is -0.497 e. The van der Waals surface area contributed by atoms with Crippen molar-refractivity contribution < 1.29 is 22.7 Å². The zero-order valence-corrected chi connectivity index (χ0v) is 22.5. The number of aryl methyl sites for hydroxylation is 1. The van der Waals surface area contributed by atoms with Gasteiger partial charge in [-0.1, -0.05) is 36.8 Å². The van der Waals surface area contributed by atoms with Crippen molar-refractivity contribution in [3.05, 3.63) is 82.3 Å². The number of nitrogens with one attached hydrogen (secondary N) is 1. The number of methoxy groups -OCH3 is 2. The monoisotopic (exact) mass is 560 g/mol. The maximum atomic E-state index is 13.7. The number of ether oxygens (including phenoxy) is 2. The summed E-state index contributed by atoms with van der Waals surface area (Å²) in [6, 6.07) is 18.7. The van der Waals surface area contributed by atoms with E-state index >= 15 is 0 Å². The van der Waals surface area contributed by atoms with Gasteiger partial charge in [0.15, 0.2) is 0 Å². The number of amides is 1. The lowest BCUT2D eigenvalue weighted by Gasteiger charge is -2.26. The molecule has 0 aliphatic carbocycles. The molecule has 3 aromatic carbocycles. The SMILES string of the molecule is CC[C@@H](NC(=O)CN(c1ccc(C)cc1)S(=O)(=O)c1ccc(OC)c(Br)c1)c1ccc(OC)cc1. The van der Waals surface area contributed by atoms with E-state index < -0.39 is 15.9 Å². The molecule has 0 aliphatic heterocycles. The van der Waals surface area contributed by atoms with E-state index in [0.29, 0.717) is 22.3 Å². The highest BCUT2D eigenvalue weighted by atomic mass is 79.9. The van der Waals surface area contributed by atoms with Crippen LogP contribution in [-0.4, -0.2) is 35.1 Å². The lowest BCUT2D eigenvalue weighted by atomic mass is 10.0. The topological polar surface area (TPSA) is 84.9 Å². The lowest BCUT2D eigenvalue weighted by Crippen LogP contribution is -2.42. The summed E-state index contributed by atoms with van der Waals surface area (Å²) in [5.74, 6) is 0.815. The average molecular weight is 561 g/mol. The number of hydrogen-bond donors (Lipinski definition) is 1. The Morgan fingerprint density at radius 3 is 2.20 bits per heavy atom. The molecule has 186 valence electrons. The molecule has 1 amide bonds. The van der Waals surface area contributed by atoms with Crippen molar-refractivity contribution in [1.82, 2.24) is 5.32 Å². The molecule has 0 bridgehead atoms. The van der Waals surface area contributed by atoms with Crippen LogP contribution in [-0.2, 0) is 14.8 Å². The number of rotatable bonds is 10. The summed E-state index contributed by atoms with van der Waals surface area (Å²) in [6.07, 6.45) is 0.640. The Morgan fingerprint density at radius 2 is 1.66 bits per heavy atom. The molecule has 0 unspecified atom stereocenters. The molecule has 0 aromatic heterocycles. The number of nitrogens with zero attached hydrogens (tertiary/aromatic N) is 1. The molecule has 1 N–H and O–H groups in total. The molecule has 0 fully saturated rings. The molecule has 0 aliphatic rings.